The van der Waals surface area contributed by atoms with Crippen LogP contribution in [0.15, 0.2) is 65.8 Å². The summed E-state index contributed by atoms with van der Waals surface area (Å²) >= 11 is 0. The number of alkyl halides is 1. The molecule has 3 heterocycles. The summed E-state index contributed by atoms with van der Waals surface area (Å²) in [7, 11) is 0. The molecule has 2 fully saturated rings. The van der Waals surface area contributed by atoms with Crippen LogP contribution in [-0.4, -0.2) is 67.5 Å². The van der Waals surface area contributed by atoms with Crippen LogP contribution in [-0.2, 0) is 9.59 Å². The molecule has 6 rings (SSSR count). The molecule has 0 radical (unpaired) electrons. The summed E-state index contributed by atoms with van der Waals surface area (Å²) in [6, 6.07) is 14.3. The number of fused-ring (bicyclic) bond motifs is 1. The second-order valence-electron chi connectivity index (χ2n) is 11.7. The quantitative estimate of drug-likeness (QED) is 0.399. The number of allylic oxidation sites excluding steroid dienone is 5. The zero-order chi connectivity index (χ0) is 28.7. The average molecular weight is 557 g/mol. The number of likely N-dealkylation sites (tertiary alicyclic amines) is 2. The first-order chi connectivity index (χ1) is 19.8. The lowest BCUT2D eigenvalue weighted by Crippen LogP contribution is -2.49. The molecule has 4 aliphatic rings. The monoisotopic (exact) mass is 556 g/mol. The third-order valence-corrected chi connectivity index (χ3v) is 8.92. The van der Waals surface area contributed by atoms with Crippen molar-refractivity contribution in [2.75, 3.05) is 46.0 Å². The predicted octanol–water partition coefficient (Wildman–Crippen LogP) is 5.65. The van der Waals surface area contributed by atoms with Crippen molar-refractivity contribution < 1.29 is 23.5 Å². The minimum atomic E-state index is -0.270. The van der Waals surface area contributed by atoms with Crippen molar-refractivity contribution in [2.24, 2.45) is 11.8 Å². The van der Waals surface area contributed by atoms with E-state index < -0.39 is 0 Å². The summed E-state index contributed by atoms with van der Waals surface area (Å²) in [5.74, 6) is 2.15. The van der Waals surface area contributed by atoms with Crippen LogP contribution in [0.5, 0.6) is 11.5 Å². The van der Waals surface area contributed by atoms with E-state index in [-0.39, 0.29) is 36.3 Å². The molecule has 0 aromatic heterocycles. The molecule has 214 valence electrons. The number of hydrogen-bond acceptors (Lipinski definition) is 5. The topological polar surface area (TPSA) is 59.1 Å². The second-order valence-corrected chi connectivity index (χ2v) is 11.7. The van der Waals surface area contributed by atoms with E-state index in [9.17, 15) is 14.0 Å². The molecular weight excluding hydrogens is 519 g/mol. The van der Waals surface area contributed by atoms with E-state index in [1.54, 1.807) is 13.8 Å². The molecule has 2 unspecified atom stereocenters. The largest absolute Gasteiger partial charge is 0.492 e. The summed E-state index contributed by atoms with van der Waals surface area (Å²) in [5.41, 5.74) is 7.18. The Morgan fingerprint density at radius 2 is 1.83 bits per heavy atom. The maximum atomic E-state index is 12.7. The maximum Gasteiger partial charge on any atom is 0.219 e. The van der Waals surface area contributed by atoms with Gasteiger partial charge in [-0.3, -0.25) is 18.9 Å². The van der Waals surface area contributed by atoms with E-state index in [4.69, 9.17) is 9.47 Å². The lowest BCUT2D eigenvalue weighted by Gasteiger charge is -2.37. The van der Waals surface area contributed by atoms with Crippen LogP contribution in [0.2, 0.25) is 0 Å². The number of carbonyl (C=O) groups is 2. The molecule has 3 aliphatic heterocycles. The minimum Gasteiger partial charge on any atom is -0.492 e. The number of ketones is 1. The summed E-state index contributed by atoms with van der Waals surface area (Å²) in [4.78, 5) is 28.3. The van der Waals surface area contributed by atoms with E-state index in [1.165, 1.54) is 11.1 Å². The van der Waals surface area contributed by atoms with E-state index in [0.29, 0.717) is 13.2 Å². The Morgan fingerprint density at radius 3 is 2.46 bits per heavy atom. The smallest absolute Gasteiger partial charge is 0.219 e. The number of carbonyl (C=O) groups excluding carboxylic acids is 2. The molecular formula is C34H37FN2O4. The van der Waals surface area contributed by atoms with Gasteiger partial charge >= 0.3 is 0 Å². The molecule has 0 saturated carbocycles. The standard InChI is InChI=1S/C34H37FN2O4/c1-21-31-16-26(30-10-9-29(30)22(2)38)6-11-32(31)41-34(33(21)27-12-13-37(20-27)23(3)39)25-4-7-28(8-5-25)40-15-14-36-18-24(17-35)19-36/h4-11,16,24,27,34H,12-15,17-20H2,1-3H3. The number of Topliss-reactive ketones (excluding diaryl/α,β-unsaturated/α-hetero) is 1. The van der Waals surface area contributed by atoms with E-state index in [1.807, 2.05) is 41.3 Å². The third-order valence-electron chi connectivity index (χ3n) is 8.92. The van der Waals surface area contributed by atoms with Crippen molar-refractivity contribution in [2.45, 2.75) is 33.3 Å². The molecule has 7 heteroatoms. The number of benzene rings is 2. The van der Waals surface area contributed by atoms with Gasteiger partial charge in [-0.05, 0) is 72.4 Å². The van der Waals surface area contributed by atoms with Crippen molar-refractivity contribution in [3.8, 4) is 11.5 Å². The minimum absolute atomic E-state index is 0.0678. The molecule has 0 bridgehead atoms. The van der Waals surface area contributed by atoms with Gasteiger partial charge < -0.3 is 14.4 Å². The summed E-state index contributed by atoms with van der Waals surface area (Å²) < 4.78 is 25.4. The van der Waals surface area contributed by atoms with Crippen molar-refractivity contribution in [1.29, 1.82) is 0 Å². The number of amides is 1. The Kier molecular flexibility index (Phi) is 7.56. The Labute approximate surface area is 241 Å². The van der Waals surface area contributed by atoms with Crippen LogP contribution < -0.4 is 9.47 Å². The Bertz CT molecular complexity index is 1450. The molecule has 0 N–H and O–H groups in total. The predicted molar refractivity (Wildman–Crippen MR) is 157 cm³/mol. The number of halogens is 1. The summed E-state index contributed by atoms with van der Waals surface area (Å²) in [5, 5.41) is 0. The van der Waals surface area contributed by atoms with Gasteiger partial charge in [0.25, 0.3) is 0 Å². The number of nitrogens with zero attached hydrogens (tertiary/aromatic N) is 2. The zero-order valence-electron chi connectivity index (χ0n) is 24.0. The molecule has 2 atom stereocenters. The highest BCUT2D eigenvalue weighted by Crippen LogP contribution is 2.48. The molecule has 0 spiro atoms. The zero-order valence-corrected chi connectivity index (χ0v) is 24.0. The van der Waals surface area contributed by atoms with Gasteiger partial charge in [-0.25, -0.2) is 0 Å². The molecule has 41 heavy (non-hydrogen) atoms. The van der Waals surface area contributed by atoms with Crippen LogP contribution in [0.4, 0.5) is 4.39 Å². The van der Waals surface area contributed by atoms with Crippen molar-refractivity contribution in [3.63, 3.8) is 0 Å². The fourth-order valence-electron chi connectivity index (χ4n) is 6.50. The third kappa shape index (κ3) is 5.35. The summed E-state index contributed by atoms with van der Waals surface area (Å²) in [6.45, 7) is 9.55. The van der Waals surface area contributed by atoms with E-state index in [2.05, 4.69) is 30.0 Å². The lowest BCUT2D eigenvalue weighted by molar-refractivity contribution is -0.127. The first-order valence-corrected chi connectivity index (χ1v) is 14.5. The van der Waals surface area contributed by atoms with Crippen LogP contribution in [0, 0.1) is 11.8 Å². The van der Waals surface area contributed by atoms with Gasteiger partial charge in [0.2, 0.25) is 5.91 Å². The van der Waals surface area contributed by atoms with Crippen molar-refractivity contribution in [1.82, 2.24) is 9.80 Å². The fourth-order valence-corrected chi connectivity index (χ4v) is 6.50. The molecule has 2 aromatic carbocycles. The van der Waals surface area contributed by atoms with E-state index in [0.717, 1.165) is 71.9 Å². The first-order valence-electron chi connectivity index (χ1n) is 14.5. The van der Waals surface area contributed by atoms with Crippen LogP contribution in [0.25, 0.3) is 11.1 Å². The highest BCUT2D eigenvalue weighted by atomic mass is 19.1. The first kappa shape index (κ1) is 27.5. The number of ether oxygens (including phenoxy) is 2. The maximum absolute atomic E-state index is 12.7. The van der Waals surface area contributed by atoms with Gasteiger partial charge in [0, 0.05) is 62.6 Å². The van der Waals surface area contributed by atoms with Gasteiger partial charge in [0.1, 0.15) is 24.2 Å². The molecule has 6 nitrogen and oxygen atoms in total. The van der Waals surface area contributed by atoms with Crippen LogP contribution in [0.1, 0.15) is 50.0 Å². The van der Waals surface area contributed by atoms with Crippen LogP contribution in [0.3, 0.4) is 0 Å². The Morgan fingerprint density at radius 1 is 1.05 bits per heavy atom. The van der Waals surface area contributed by atoms with Gasteiger partial charge in [-0.15, -0.1) is 0 Å². The number of hydrogen-bond donors (Lipinski definition) is 0. The molecule has 1 aliphatic carbocycles. The lowest BCUT2D eigenvalue weighted by atomic mass is 9.81. The Balaban J connectivity index is 1.26. The highest BCUT2D eigenvalue weighted by molar-refractivity contribution is 6.10. The molecule has 1 amide bonds. The normalized spacial score (nSPS) is 22.3. The summed E-state index contributed by atoms with van der Waals surface area (Å²) in [6.07, 6.45) is 4.48. The van der Waals surface area contributed by atoms with Gasteiger partial charge in [-0.2, -0.15) is 0 Å². The Hall–Kier alpha value is -3.71. The van der Waals surface area contributed by atoms with E-state index >= 15 is 0 Å². The fraction of sp³-hybridized carbons (Fsp3) is 0.412. The van der Waals surface area contributed by atoms with Crippen molar-refractivity contribution >= 4 is 22.8 Å². The second kappa shape index (κ2) is 11.3. The molecule has 2 saturated heterocycles. The SMILES string of the molecule is CC(=O)C1=C(c2ccc3c(c2)C(C)=C(C2CCN(C(C)=O)C2)C(c2ccc(OCCN4CC(CF)C4)cc2)O3)C=C1. The van der Waals surface area contributed by atoms with Crippen molar-refractivity contribution in [3.05, 3.63) is 82.5 Å². The van der Waals surface area contributed by atoms with Gasteiger partial charge in [0.15, 0.2) is 5.78 Å². The molecule has 2 aromatic rings. The van der Waals surface area contributed by atoms with Crippen LogP contribution >= 0.6 is 0 Å². The van der Waals surface area contributed by atoms with Gasteiger partial charge in [0.05, 0.1) is 6.67 Å². The highest BCUT2D eigenvalue weighted by Gasteiger charge is 2.37. The number of rotatable bonds is 9. The average Bonchev–Trinajstić information content (AvgIpc) is 3.40. The van der Waals surface area contributed by atoms with Gasteiger partial charge in [-0.1, -0.05) is 30.4 Å².